The standard InChI is InChI=1S/C14H22O2/c1-3-13(15)10-14(4-2)16-11-12-8-6-5-7-9-12/h5-9,13-15H,3-4,10-11H2,1-2H3. The highest BCUT2D eigenvalue weighted by molar-refractivity contribution is 5.13. The molecule has 0 aliphatic rings. The fourth-order valence-corrected chi connectivity index (χ4v) is 1.61. The van der Waals surface area contributed by atoms with Gasteiger partial charge in [-0.15, -0.1) is 0 Å². The molecule has 2 atom stereocenters. The largest absolute Gasteiger partial charge is 0.393 e. The van der Waals surface area contributed by atoms with Crippen LogP contribution in [0.3, 0.4) is 0 Å². The third-order valence-corrected chi connectivity index (χ3v) is 2.79. The molecule has 0 aliphatic carbocycles. The predicted octanol–water partition coefficient (Wildman–Crippen LogP) is 3.14. The number of hydrogen-bond acceptors (Lipinski definition) is 2. The molecule has 1 aromatic carbocycles. The Hall–Kier alpha value is -0.860. The average molecular weight is 222 g/mol. The van der Waals surface area contributed by atoms with Crippen molar-refractivity contribution in [2.45, 2.75) is 51.9 Å². The summed E-state index contributed by atoms with van der Waals surface area (Å²) in [7, 11) is 0. The Morgan fingerprint density at radius 3 is 2.38 bits per heavy atom. The highest BCUT2D eigenvalue weighted by Crippen LogP contribution is 2.12. The van der Waals surface area contributed by atoms with E-state index in [4.69, 9.17) is 4.74 Å². The van der Waals surface area contributed by atoms with Crippen LogP contribution in [0.4, 0.5) is 0 Å². The SMILES string of the molecule is CCC(O)CC(CC)OCc1ccccc1. The Morgan fingerprint density at radius 2 is 1.81 bits per heavy atom. The van der Waals surface area contributed by atoms with Gasteiger partial charge in [0, 0.05) is 0 Å². The first-order valence-electron chi connectivity index (χ1n) is 6.09. The van der Waals surface area contributed by atoms with Gasteiger partial charge in [-0.05, 0) is 24.8 Å². The first kappa shape index (κ1) is 13.2. The van der Waals surface area contributed by atoms with Gasteiger partial charge in [0.15, 0.2) is 0 Å². The molecule has 90 valence electrons. The molecule has 0 aromatic heterocycles. The highest BCUT2D eigenvalue weighted by atomic mass is 16.5. The number of aliphatic hydroxyl groups excluding tert-OH is 1. The van der Waals surface area contributed by atoms with Crippen LogP contribution in [-0.2, 0) is 11.3 Å². The molecule has 0 bridgehead atoms. The highest BCUT2D eigenvalue weighted by Gasteiger charge is 2.11. The fraction of sp³-hybridized carbons (Fsp3) is 0.571. The average Bonchev–Trinajstić information content (AvgIpc) is 2.35. The molecule has 0 aliphatic heterocycles. The van der Waals surface area contributed by atoms with Gasteiger partial charge in [-0.2, -0.15) is 0 Å². The zero-order valence-electron chi connectivity index (χ0n) is 10.2. The summed E-state index contributed by atoms with van der Waals surface area (Å²) >= 11 is 0. The van der Waals surface area contributed by atoms with Crippen molar-refractivity contribution in [2.24, 2.45) is 0 Å². The van der Waals surface area contributed by atoms with Crippen LogP contribution in [0.25, 0.3) is 0 Å². The van der Waals surface area contributed by atoms with Crippen LogP contribution in [0.5, 0.6) is 0 Å². The number of hydrogen-bond donors (Lipinski definition) is 1. The summed E-state index contributed by atoms with van der Waals surface area (Å²) in [6, 6.07) is 10.1. The third kappa shape index (κ3) is 4.77. The first-order valence-corrected chi connectivity index (χ1v) is 6.09. The lowest BCUT2D eigenvalue weighted by Crippen LogP contribution is -2.19. The van der Waals surface area contributed by atoms with Crippen molar-refractivity contribution in [1.82, 2.24) is 0 Å². The van der Waals surface area contributed by atoms with Crippen LogP contribution in [-0.4, -0.2) is 17.3 Å². The van der Waals surface area contributed by atoms with E-state index < -0.39 is 0 Å². The molecule has 1 rings (SSSR count). The van der Waals surface area contributed by atoms with Gasteiger partial charge in [-0.1, -0.05) is 44.2 Å². The van der Waals surface area contributed by atoms with Gasteiger partial charge in [-0.3, -0.25) is 0 Å². The van der Waals surface area contributed by atoms with Gasteiger partial charge >= 0.3 is 0 Å². The maximum absolute atomic E-state index is 9.58. The quantitative estimate of drug-likeness (QED) is 0.768. The minimum Gasteiger partial charge on any atom is -0.393 e. The van der Waals surface area contributed by atoms with E-state index in [2.05, 4.69) is 19.1 Å². The van der Waals surface area contributed by atoms with Crippen LogP contribution < -0.4 is 0 Å². The summed E-state index contributed by atoms with van der Waals surface area (Å²) in [5.41, 5.74) is 1.19. The molecule has 2 unspecified atom stereocenters. The number of rotatable bonds is 7. The normalized spacial score (nSPS) is 14.7. The maximum Gasteiger partial charge on any atom is 0.0720 e. The molecule has 0 radical (unpaired) electrons. The van der Waals surface area contributed by atoms with Crippen molar-refractivity contribution in [3.05, 3.63) is 35.9 Å². The minimum absolute atomic E-state index is 0.162. The molecule has 0 spiro atoms. The minimum atomic E-state index is -0.235. The molecule has 1 N–H and O–H groups in total. The molecule has 0 saturated carbocycles. The lowest BCUT2D eigenvalue weighted by molar-refractivity contribution is 0.00137. The van der Waals surface area contributed by atoms with Gasteiger partial charge in [0.25, 0.3) is 0 Å². The lowest BCUT2D eigenvalue weighted by atomic mass is 10.1. The van der Waals surface area contributed by atoms with Crippen LogP contribution in [0.2, 0.25) is 0 Å². The third-order valence-electron chi connectivity index (χ3n) is 2.79. The Morgan fingerprint density at radius 1 is 1.12 bits per heavy atom. The molecule has 0 fully saturated rings. The Kier molecular flexibility index (Phi) is 6.12. The van der Waals surface area contributed by atoms with Crippen molar-refractivity contribution in [1.29, 1.82) is 0 Å². The van der Waals surface area contributed by atoms with Crippen LogP contribution in [0.15, 0.2) is 30.3 Å². The molecule has 0 amide bonds. The second kappa shape index (κ2) is 7.42. The molecule has 2 heteroatoms. The summed E-state index contributed by atoms with van der Waals surface area (Å²) in [5, 5.41) is 9.58. The Balaban J connectivity index is 2.34. The van der Waals surface area contributed by atoms with E-state index in [9.17, 15) is 5.11 Å². The van der Waals surface area contributed by atoms with Crippen molar-refractivity contribution in [2.75, 3.05) is 0 Å². The molecule has 1 aromatic rings. The summed E-state index contributed by atoms with van der Waals surface area (Å²) in [6.07, 6.45) is 2.41. The van der Waals surface area contributed by atoms with Crippen LogP contribution in [0, 0.1) is 0 Å². The topological polar surface area (TPSA) is 29.5 Å². The Labute approximate surface area is 98.3 Å². The zero-order valence-corrected chi connectivity index (χ0v) is 10.2. The number of aliphatic hydroxyl groups is 1. The molecular weight excluding hydrogens is 200 g/mol. The van der Waals surface area contributed by atoms with Crippen LogP contribution >= 0.6 is 0 Å². The monoisotopic (exact) mass is 222 g/mol. The van der Waals surface area contributed by atoms with E-state index in [1.165, 1.54) is 5.56 Å². The van der Waals surface area contributed by atoms with E-state index in [0.717, 1.165) is 19.3 Å². The van der Waals surface area contributed by atoms with E-state index in [-0.39, 0.29) is 12.2 Å². The van der Waals surface area contributed by atoms with Gasteiger partial charge in [0.05, 0.1) is 18.8 Å². The van der Waals surface area contributed by atoms with E-state index in [1.807, 2.05) is 25.1 Å². The van der Waals surface area contributed by atoms with E-state index >= 15 is 0 Å². The first-order chi connectivity index (χ1) is 7.76. The fourth-order valence-electron chi connectivity index (χ4n) is 1.61. The summed E-state index contributed by atoms with van der Waals surface area (Å²) in [5.74, 6) is 0. The van der Waals surface area contributed by atoms with Gasteiger partial charge in [-0.25, -0.2) is 0 Å². The van der Waals surface area contributed by atoms with Crippen molar-refractivity contribution in [3.8, 4) is 0 Å². The van der Waals surface area contributed by atoms with Crippen LogP contribution in [0.1, 0.15) is 38.7 Å². The van der Waals surface area contributed by atoms with Crippen molar-refractivity contribution in [3.63, 3.8) is 0 Å². The molecular formula is C14H22O2. The molecule has 16 heavy (non-hydrogen) atoms. The van der Waals surface area contributed by atoms with E-state index in [1.54, 1.807) is 0 Å². The van der Waals surface area contributed by atoms with Gasteiger partial charge in [0.2, 0.25) is 0 Å². The second-order valence-electron chi connectivity index (χ2n) is 4.12. The Bertz CT molecular complexity index is 271. The summed E-state index contributed by atoms with van der Waals surface area (Å²) < 4.78 is 5.79. The van der Waals surface area contributed by atoms with Gasteiger partial charge < -0.3 is 9.84 Å². The number of benzene rings is 1. The maximum atomic E-state index is 9.58. The molecule has 0 heterocycles. The summed E-state index contributed by atoms with van der Waals surface area (Å²) in [4.78, 5) is 0. The lowest BCUT2D eigenvalue weighted by Gasteiger charge is -2.18. The van der Waals surface area contributed by atoms with E-state index in [0.29, 0.717) is 6.61 Å². The molecule has 0 saturated heterocycles. The van der Waals surface area contributed by atoms with Crippen molar-refractivity contribution >= 4 is 0 Å². The molecule has 2 nitrogen and oxygen atoms in total. The predicted molar refractivity (Wildman–Crippen MR) is 66.2 cm³/mol. The number of ether oxygens (including phenoxy) is 1. The van der Waals surface area contributed by atoms with Crippen molar-refractivity contribution < 1.29 is 9.84 Å². The zero-order chi connectivity index (χ0) is 11.8. The second-order valence-corrected chi connectivity index (χ2v) is 4.12. The smallest absolute Gasteiger partial charge is 0.0720 e. The summed E-state index contributed by atoms with van der Waals surface area (Å²) in [6.45, 7) is 4.72. The van der Waals surface area contributed by atoms with Gasteiger partial charge in [0.1, 0.15) is 0 Å².